The first-order valence-corrected chi connectivity index (χ1v) is 11.0. The molecule has 0 radical (unpaired) electrons. The molecule has 0 bridgehead atoms. The molecule has 0 N–H and O–H groups in total. The molecule has 1 aromatic heterocycles. The van der Waals surface area contributed by atoms with Gasteiger partial charge >= 0.3 is 0 Å². The molecule has 0 aliphatic carbocycles. The van der Waals surface area contributed by atoms with Crippen molar-refractivity contribution < 1.29 is 13.2 Å². The highest BCUT2D eigenvalue weighted by atomic mass is 32.2. The van der Waals surface area contributed by atoms with Gasteiger partial charge in [-0.1, -0.05) is 48.5 Å². The molecule has 28 heavy (non-hydrogen) atoms. The monoisotopic (exact) mass is 395 g/mol. The minimum atomic E-state index is -3.11. The summed E-state index contributed by atoms with van der Waals surface area (Å²) in [6.45, 7) is 0.361. The molecule has 3 aromatic rings. The Morgan fingerprint density at radius 3 is 2.39 bits per heavy atom. The predicted molar refractivity (Wildman–Crippen MR) is 107 cm³/mol. The Morgan fingerprint density at radius 2 is 1.75 bits per heavy atom. The molecule has 1 amide bonds. The number of amides is 1. The van der Waals surface area contributed by atoms with Crippen molar-refractivity contribution in [3.05, 3.63) is 84.4 Å². The van der Waals surface area contributed by atoms with Crippen LogP contribution in [0.3, 0.4) is 0 Å². The molecule has 2 heterocycles. The van der Waals surface area contributed by atoms with Crippen molar-refractivity contribution in [1.29, 1.82) is 0 Å². The predicted octanol–water partition coefficient (Wildman–Crippen LogP) is 2.70. The lowest BCUT2D eigenvalue weighted by atomic mass is 10.1. The molecule has 1 aliphatic rings. The molecule has 144 valence electrons. The van der Waals surface area contributed by atoms with Crippen LogP contribution in [0.25, 0.3) is 5.69 Å². The van der Waals surface area contributed by atoms with Crippen molar-refractivity contribution in [2.75, 3.05) is 11.5 Å². The average molecular weight is 395 g/mol. The summed E-state index contributed by atoms with van der Waals surface area (Å²) in [5.74, 6) is -0.0912. The Labute approximate surface area is 164 Å². The molecule has 7 heteroatoms. The van der Waals surface area contributed by atoms with Crippen molar-refractivity contribution in [1.82, 2.24) is 14.5 Å². The Hall–Kier alpha value is -2.93. The SMILES string of the molecule is O=C(c1cncn1-c1ccccc1)N(Cc1ccccc1)[C@@H]1CCS(=O)(=O)C1. The van der Waals surface area contributed by atoms with Gasteiger partial charge in [0.2, 0.25) is 0 Å². The first-order valence-electron chi connectivity index (χ1n) is 9.16. The van der Waals surface area contributed by atoms with Gasteiger partial charge in [0.15, 0.2) is 9.84 Å². The number of hydrogen-bond acceptors (Lipinski definition) is 4. The molecule has 2 aromatic carbocycles. The van der Waals surface area contributed by atoms with Crippen LogP contribution >= 0.6 is 0 Å². The van der Waals surface area contributed by atoms with Gasteiger partial charge in [-0.15, -0.1) is 0 Å². The van der Waals surface area contributed by atoms with E-state index in [2.05, 4.69) is 4.98 Å². The van der Waals surface area contributed by atoms with Crippen molar-refractivity contribution in [3.8, 4) is 5.69 Å². The number of nitrogens with zero attached hydrogens (tertiary/aromatic N) is 3. The fourth-order valence-electron chi connectivity index (χ4n) is 3.56. The normalized spacial score (nSPS) is 18.1. The summed E-state index contributed by atoms with van der Waals surface area (Å²) in [5, 5.41) is 0. The standard InChI is InChI=1S/C21H21N3O3S/c25-21(20-13-22-16-24(20)18-9-5-2-6-10-18)23(14-17-7-3-1-4-8-17)19-11-12-28(26,27)15-19/h1-10,13,16,19H,11-12,14-15H2/t19-/m1/s1. The van der Waals surface area contributed by atoms with E-state index in [9.17, 15) is 13.2 Å². The van der Waals surface area contributed by atoms with Crippen LogP contribution in [0.4, 0.5) is 0 Å². The number of rotatable bonds is 5. The maximum absolute atomic E-state index is 13.5. The zero-order valence-corrected chi connectivity index (χ0v) is 16.1. The maximum Gasteiger partial charge on any atom is 0.273 e. The second kappa shape index (κ2) is 7.59. The Balaban J connectivity index is 1.69. The van der Waals surface area contributed by atoms with Gasteiger partial charge in [0.25, 0.3) is 5.91 Å². The molecule has 1 saturated heterocycles. The summed E-state index contributed by atoms with van der Waals surface area (Å²) in [4.78, 5) is 19.3. The summed E-state index contributed by atoms with van der Waals surface area (Å²) in [7, 11) is -3.11. The van der Waals surface area contributed by atoms with Gasteiger partial charge in [0.05, 0.1) is 24.0 Å². The highest BCUT2D eigenvalue weighted by Crippen LogP contribution is 2.23. The number of carbonyl (C=O) groups excluding carboxylic acids is 1. The molecule has 1 aliphatic heterocycles. The van der Waals surface area contributed by atoms with Crippen molar-refractivity contribution >= 4 is 15.7 Å². The van der Waals surface area contributed by atoms with E-state index >= 15 is 0 Å². The number of carbonyl (C=O) groups is 1. The van der Waals surface area contributed by atoms with E-state index in [1.54, 1.807) is 15.8 Å². The Kier molecular flexibility index (Phi) is 5.00. The van der Waals surface area contributed by atoms with Crippen LogP contribution in [-0.4, -0.2) is 46.3 Å². The number of sulfone groups is 1. The molecule has 1 fully saturated rings. The quantitative estimate of drug-likeness (QED) is 0.666. The minimum absolute atomic E-state index is 0.00501. The number of benzene rings is 2. The third kappa shape index (κ3) is 3.84. The lowest BCUT2D eigenvalue weighted by molar-refractivity contribution is 0.0672. The van der Waals surface area contributed by atoms with E-state index in [1.807, 2.05) is 60.7 Å². The van der Waals surface area contributed by atoms with Crippen LogP contribution in [0.15, 0.2) is 73.2 Å². The van der Waals surface area contributed by atoms with Crippen LogP contribution < -0.4 is 0 Å². The average Bonchev–Trinajstić information content (AvgIpc) is 3.33. The van der Waals surface area contributed by atoms with Gasteiger partial charge in [0.1, 0.15) is 5.69 Å². The van der Waals surface area contributed by atoms with E-state index in [0.717, 1.165) is 11.3 Å². The van der Waals surface area contributed by atoms with Crippen LogP contribution in [0, 0.1) is 0 Å². The zero-order chi connectivity index (χ0) is 19.6. The largest absolute Gasteiger partial charge is 0.329 e. The van der Waals surface area contributed by atoms with Gasteiger partial charge in [-0.25, -0.2) is 13.4 Å². The Morgan fingerprint density at radius 1 is 1.07 bits per heavy atom. The van der Waals surface area contributed by atoms with E-state index in [0.29, 0.717) is 18.7 Å². The molecular weight excluding hydrogens is 374 g/mol. The molecule has 0 saturated carbocycles. The van der Waals surface area contributed by atoms with E-state index in [-0.39, 0.29) is 23.5 Å². The van der Waals surface area contributed by atoms with Crippen LogP contribution in [0.2, 0.25) is 0 Å². The second-order valence-corrected chi connectivity index (χ2v) is 9.19. The molecule has 4 rings (SSSR count). The van der Waals surface area contributed by atoms with E-state index in [1.165, 1.54) is 6.20 Å². The van der Waals surface area contributed by atoms with Gasteiger partial charge < -0.3 is 4.90 Å². The van der Waals surface area contributed by atoms with Crippen LogP contribution in [0.1, 0.15) is 22.5 Å². The van der Waals surface area contributed by atoms with Gasteiger partial charge in [-0.2, -0.15) is 0 Å². The molecular formula is C21H21N3O3S. The summed E-state index contributed by atoms with van der Waals surface area (Å²) >= 11 is 0. The lowest BCUT2D eigenvalue weighted by Gasteiger charge is -2.28. The first kappa shape index (κ1) is 18.4. The first-order chi connectivity index (χ1) is 13.5. The van der Waals surface area contributed by atoms with E-state index in [4.69, 9.17) is 0 Å². The topological polar surface area (TPSA) is 72.3 Å². The number of hydrogen-bond donors (Lipinski definition) is 0. The third-order valence-corrected chi connectivity index (χ3v) is 6.75. The molecule has 1 atom stereocenters. The van der Waals surface area contributed by atoms with Crippen LogP contribution in [0.5, 0.6) is 0 Å². The van der Waals surface area contributed by atoms with Crippen LogP contribution in [-0.2, 0) is 16.4 Å². The molecule has 0 spiro atoms. The van der Waals surface area contributed by atoms with E-state index < -0.39 is 9.84 Å². The van der Waals surface area contributed by atoms with Gasteiger partial charge in [-0.3, -0.25) is 9.36 Å². The summed E-state index contributed by atoms with van der Waals surface area (Å²) in [5.41, 5.74) is 2.22. The fourth-order valence-corrected chi connectivity index (χ4v) is 5.29. The zero-order valence-electron chi connectivity index (χ0n) is 15.3. The summed E-state index contributed by atoms with van der Waals surface area (Å²) in [6.07, 6.45) is 3.60. The highest BCUT2D eigenvalue weighted by molar-refractivity contribution is 7.91. The number of para-hydroxylation sites is 1. The minimum Gasteiger partial charge on any atom is -0.329 e. The highest BCUT2D eigenvalue weighted by Gasteiger charge is 2.36. The summed E-state index contributed by atoms with van der Waals surface area (Å²) in [6, 6.07) is 18.8. The van der Waals surface area contributed by atoms with Gasteiger partial charge in [-0.05, 0) is 24.1 Å². The third-order valence-electron chi connectivity index (χ3n) is 5.00. The lowest BCUT2D eigenvalue weighted by Crippen LogP contribution is -2.41. The van der Waals surface area contributed by atoms with Crippen molar-refractivity contribution in [2.24, 2.45) is 0 Å². The summed E-state index contributed by atoms with van der Waals surface area (Å²) < 4.78 is 25.8. The van der Waals surface area contributed by atoms with Crippen molar-refractivity contribution in [2.45, 2.75) is 19.0 Å². The maximum atomic E-state index is 13.5. The molecule has 0 unspecified atom stereocenters. The number of imidazole rings is 1. The second-order valence-electron chi connectivity index (χ2n) is 6.96. The fraction of sp³-hybridized carbons (Fsp3) is 0.238. The molecule has 6 nitrogen and oxygen atoms in total. The van der Waals surface area contributed by atoms with Crippen molar-refractivity contribution in [3.63, 3.8) is 0 Å². The Bertz CT molecular complexity index is 1060. The number of aromatic nitrogens is 2. The van der Waals surface area contributed by atoms with Gasteiger partial charge in [0, 0.05) is 18.3 Å². The smallest absolute Gasteiger partial charge is 0.273 e.